The third-order valence-electron chi connectivity index (χ3n) is 6.53. The van der Waals surface area contributed by atoms with Crippen LogP contribution < -0.4 is 21.4 Å². The lowest BCUT2D eigenvalue weighted by atomic mass is 9.95. The zero-order valence-electron chi connectivity index (χ0n) is 18.1. The summed E-state index contributed by atoms with van der Waals surface area (Å²) in [5.41, 5.74) is 5.90. The first-order chi connectivity index (χ1) is 15.9. The number of anilines is 1. The Morgan fingerprint density at radius 3 is 2.58 bits per heavy atom. The highest BCUT2D eigenvalue weighted by atomic mass is 19.1. The maximum absolute atomic E-state index is 15.2. The van der Waals surface area contributed by atoms with Gasteiger partial charge in [-0.1, -0.05) is 0 Å². The van der Waals surface area contributed by atoms with Gasteiger partial charge < -0.3 is 24.9 Å². The number of hydrogen-bond acceptors (Lipinski definition) is 5. The maximum atomic E-state index is 15.2. The Morgan fingerprint density at radius 1 is 1.18 bits per heavy atom. The number of amides is 2. The van der Waals surface area contributed by atoms with Crippen LogP contribution in [0.5, 0.6) is 0 Å². The molecular formula is C24H25FN4O4. The number of halogens is 1. The van der Waals surface area contributed by atoms with Gasteiger partial charge in [0, 0.05) is 36.6 Å². The molecule has 0 bridgehead atoms. The summed E-state index contributed by atoms with van der Waals surface area (Å²) in [6.07, 6.45) is 6.09. The molecule has 5 rings (SSSR count). The maximum Gasteiger partial charge on any atom is 0.257 e. The van der Waals surface area contributed by atoms with Crippen molar-refractivity contribution in [2.45, 2.75) is 38.3 Å². The summed E-state index contributed by atoms with van der Waals surface area (Å²) in [7, 11) is 0. The number of carbonyl (C=O) groups excluding carboxylic acids is 2. The van der Waals surface area contributed by atoms with Crippen LogP contribution in [-0.2, 0) is 11.3 Å². The molecule has 2 aliphatic rings. The number of pyridine rings is 1. The van der Waals surface area contributed by atoms with E-state index in [-0.39, 0.29) is 35.4 Å². The Labute approximate surface area is 189 Å². The van der Waals surface area contributed by atoms with E-state index in [1.807, 2.05) is 9.47 Å². The SMILES string of the molecule is NC(=O)C1CCN(c2cc3c(cc2F)c(=O)c(C(=O)NCc2ccco2)cn3C2CC2)CC1. The number of hydrogen-bond donors (Lipinski definition) is 2. The summed E-state index contributed by atoms with van der Waals surface area (Å²) in [4.78, 5) is 39.3. The van der Waals surface area contributed by atoms with Crippen LogP contribution in [0.3, 0.4) is 0 Å². The van der Waals surface area contributed by atoms with Crippen molar-refractivity contribution in [3.05, 3.63) is 64.1 Å². The minimum absolute atomic E-state index is 0.0182. The van der Waals surface area contributed by atoms with Gasteiger partial charge in [-0.05, 0) is 49.9 Å². The summed E-state index contributed by atoms with van der Waals surface area (Å²) in [6.45, 7) is 1.18. The van der Waals surface area contributed by atoms with Gasteiger partial charge in [0.15, 0.2) is 0 Å². The van der Waals surface area contributed by atoms with Gasteiger partial charge in [0.1, 0.15) is 17.1 Å². The van der Waals surface area contributed by atoms with E-state index < -0.39 is 17.2 Å². The van der Waals surface area contributed by atoms with Crippen LogP contribution in [0.2, 0.25) is 0 Å². The van der Waals surface area contributed by atoms with E-state index in [0.29, 0.717) is 42.9 Å². The number of nitrogens with two attached hydrogens (primary N) is 1. The van der Waals surface area contributed by atoms with Gasteiger partial charge in [-0.2, -0.15) is 0 Å². The van der Waals surface area contributed by atoms with Gasteiger partial charge >= 0.3 is 0 Å². The molecule has 2 amide bonds. The van der Waals surface area contributed by atoms with E-state index in [1.54, 1.807) is 24.4 Å². The van der Waals surface area contributed by atoms with E-state index in [0.717, 1.165) is 12.8 Å². The number of carbonyl (C=O) groups is 2. The van der Waals surface area contributed by atoms with E-state index in [1.165, 1.54) is 12.3 Å². The molecule has 33 heavy (non-hydrogen) atoms. The number of fused-ring (bicyclic) bond motifs is 1. The standard InChI is InChI=1S/C24H25FN4O4/c25-19-10-17-20(11-21(19)28-7-5-14(6-8-28)23(26)31)29(15-3-4-15)13-18(22(17)30)24(32)27-12-16-2-1-9-33-16/h1-2,9-11,13-15H,3-8,12H2,(H2,26,31)(H,27,32). The molecule has 3 N–H and O–H groups in total. The third kappa shape index (κ3) is 4.10. The number of aromatic nitrogens is 1. The number of piperidine rings is 1. The minimum Gasteiger partial charge on any atom is -0.467 e. The predicted molar refractivity (Wildman–Crippen MR) is 120 cm³/mol. The molecule has 1 saturated carbocycles. The molecule has 2 fully saturated rings. The topological polar surface area (TPSA) is 111 Å². The molecular weight excluding hydrogens is 427 g/mol. The molecule has 3 aromatic rings. The molecule has 1 aliphatic heterocycles. The lowest BCUT2D eigenvalue weighted by Crippen LogP contribution is -2.39. The highest BCUT2D eigenvalue weighted by molar-refractivity contribution is 5.98. The molecule has 2 aromatic heterocycles. The number of furan rings is 1. The second-order valence-electron chi connectivity index (χ2n) is 8.76. The second-order valence-corrected chi connectivity index (χ2v) is 8.76. The Bertz CT molecular complexity index is 1270. The average Bonchev–Trinajstić information content (AvgIpc) is 3.52. The molecule has 9 heteroatoms. The molecule has 0 spiro atoms. The highest BCUT2D eigenvalue weighted by Gasteiger charge is 2.29. The van der Waals surface area contributed by atoms with Crippen LogP contribution in [0.4, 0.5) is 10.1 Å². The van der Waals surface area contributed by atoms with Crippen LogP contribution in [0.25, 0.3) is 10.9 Å². The van der Waals surface area contributed by atoms with Crippen molar-refractivity contribution < 1.29 is 18.4 Å². The molecule has 8 nitrogen and oxygen atoms in total. The Balaban J connectivity index is 1.50. The molecule has 1 aromatic carbocycles. The predicted octanol–water partition coefficient (Wildman–Crippen LogP) is 2.70. The Morgan fingerprint density at radius 2 is 1.94 bits per heavy atom. The van der Waals surface area contributed by atoms with Gasteiger partial charge in [0.25, 0.3) is 5.91 Å². The lowest BCUT2D eigenvalue weighted by molar-refractivity contribution is -0.122. The Kier molecular flexibility index (Phi) is 5.39. The van der Waals surface area contributed by atoms with E-state index in [9.17, 15) is 14.4 Å². The van der Waals surface area contributed by atoms with E-state index >= 15 is 4.39 Å². The van der Waals surface area contributed by atoms with E-state index in [4.69, 9.17) is 10.2 Å². The molecule has 0 radical (unpaired) electrons. The van der Waals surface area contributed by atoms with Crippen molar-refractivity contribution in [2.24, 2.45) is 11.7 Å². The molecule has 1 aliphatic carbocycles. The normalized spacial score (nSPS) is 16.8. The van der Waals surface area contributed by atoms with Gasteiger partial charge in [0.05, 0.1) is 24.0 Å². The van der Waals surface area contributed by atoms with Crippen molar-refractivity contribution in [1.29, 1.82) is 0 Å². The number of nitrogens with zero attached hydrogens (tertiary/aromatic N) is 2. The Hall–Kier alpha value is -3.62. The summed E-state index contributed by atoms with van der Waals surface area (Å²) >= 11 is 0. The second kappa shape index (κ2) is 8.38. The summed E-state index contributed by atoms with van der Waals surface area (Å²) in [5, 5.41) is 2.88. The number of benzene rings is 1. The summed E-state index contributed by atoms with van der Waals surface area (Å²) in [5.74, 6) is -0.994. The molecule has 0 atom stereocenters. The van der Waals surface area contributed by atoms with Crippen molar-refractivity contribution in [2.75, 3.05) is 18.0 Å². The fraction of sp³-hybridized carbons (Fsp3) is 0.375. The van der Waals surface area contributed by atoms with Crippen molar-refractivity contribution >= 4 is 28.4 Å². The van der Waals surface area contributed by atoms with Crippen LogP contribution in [0.1, 0.15) is 47.8 Å². The number of primary amides is 1. The lowest BCUT2D eigenvalue weighted by Gasteiger charge is -2.32. The molecule has 172 valence electrons. The third-order valence-corrected chi connectivity index (χ3v) is 6.53. The minimum atomic E-state index is -0.522. The van der Waals surface area contributed by atoms with Crippen LogP contribution in [0, 0.1) is 11.7 Å². The zero-order chi connectivity index (χ0) is 23.1. The highest BCUT2D eigenvalue weighted by Crippen LogP contribution is 2.38. The van der Waals surface area contributed by atoms with Crippen molar-refractivity contribution in [1.82, 2.24) is 9.88 Å². The van der Waals surface area contributed by atoms with Crippen LogP contribution >= 0.6 is 0 Å². The van der Waals surface area contributed by atoms with Gasteiger partial charge in [0.2, 0.25) is 11.3 Å². The van der Waals surface area contributed by atoms with Gasteiger partial charge in [-0.15, -0.1) is 0 Å². The molecule has 1 saturated heterocycles. The van der Waals surface area contributed by atoms with Gasteiger partial charge in [-0.25, -0.2) is 4.39 Å². The van der Waals surface area contributed by atoms with Crippen LogP contribution in [0.15, 0.2) is 45.9 Å². The van der Waals surface area contributed by atoms with Crippen molar-refractivity contribution in [3.63, 3.8) is 0 Å². The largest absolute Gasteiger partial charge is 0.467 e. The monoisotopic (exact) mass is 452 g/mol. The number of rotatable bonds is 6. The fourth-order valence-electron chi connectivity index (χ4n) is 4.50. The average molecular weight is 452 g/mol. The summed E-state index contributed by atoms with van der Waals surface area (Å²) in [6, 6.07) is 6.54. The first-order valence-corrected chi connectivity index (χ1v) is 11.2. The molecule has 0 unspecified atom stereocenters. The van der Waals surface area contributed by atoms with E-state index in [2.05, 4.69) is 5.32 Å². The fourth-order valence-corrected chi connectivity index (χ4v) is 4.50. The van der Waals surface area contributed by atoms with Crippen LogP contribution in [-0.4, -0.2) is 29.5 Å². The smallest absolute Gasteiger partial charge is 0.257 e. The van der Waals surface area contributed by atoms with Gasteiger partial charge in [-0.3, -0.25) is 14.4 Å². The first kappa shape index (κ1) is 21.2. The number of nitrogens with one attached hydrogen (secondary N) is 1. The van der Waals surface area contributed by atoms with Crippen molar-refractivity contribution in [3.8, 4) is 0 Å². The summed E-state index contributed by atoms with van der Waals surface area (Å²) < 4.78 is 22.3. The quantitative estimate of drug-likeness (QED) is 0.598. The first-order valence-electron chi connectivity index (χ1n) is 11.2. The molecule has 3 heterocycles. The zero-order valence-corrected chi connectivity index (χ0v) is 18.1.